The molecule has 2 aromatic rings. The van der Waals surface area contributed by atoms with E-state index in [4.69, 9.17) is 0 Å². The number of carbonyl (C=O) groups excluding carboxylic acids is 2. The van der Waals surface area contributed by atoms with Gasteiger partial charge in [-0.2, -0.15) is 0 Å². The third-order valence-corrected chi connectivity index (χ3v) is 5.94. The standard InChI is InChI=1S/C19H20N4O2S/c24-17(21-12-14-5-1-2-8-20-14)13-6-7-16-15(11-13)22-18(25)19(26-16)23-9-3-4-10-23/h1-2,5-8,11,19H,3-4,9-10,12H2,(H,21,24)(H,22,25). The van der Waals surface area contributed by atoms with Gasteiger partial charge in [-0.25, -0.2) is 0 Å². The summed E-state index contributed by atoms with van der Waals surface area (Å²) in [5, 5.41) is 5.65. The molecular formula is C19H20N4O2S. The minimum Gasteiger partial charge on any atom is -0.346 e. The predicted octanol–water partition coefficient (Wildman–Crippen LogP) is 2.48. The highest BCUT2D eigenvalue weighted by atomic mass is 32.2. The maximum absolute atomic E-state index is 12.5. The molecule has 0 bridgehead atoms. The fourth-order valence-electron chi connectivity index (χ4n) is 3.23. The molecule has 26 heavy (non-hydrogen) atoms. The van der Waals surface area contributed by atoms with Crippen LogP contribution in [-0.4, -0.2) is 40.2 Å². The topological polar surface area (TPSA) is 74.3 Å². The van der Waals surface area contributed by atoms with Gasteiger partial charge in [0.25, 0.3) is 11.8 Å². The molecule has 0 saturated carbocycles. The lowest BCUT2D eigenvalue weighted by Gasteiger charge is -2.30. The van der Waals surface area contributed by atoms with Crippen LogP contribution in [0, 0.1) is 0 Å². The zero-order valence-electron chi connectivity index (χ0n) is 14.3. The van der Waals surface area contributed by atoms with Crippen LogP contribution in [0.2, 0.25) is 0 Å². The van der Waals surface area contributed by atoms with Crippen LogP contribution >= 0.6 is 11.8 Å². The Labute approximate surface area is 156 Å². The van der Waals surface area contributed by atoms with Crippen molar-refractivity contribution >= 4 is 29.3 Å². The van der Waals surface area contributed by atoms with E-state index in [-0.39, 0.29) is 17.2 Å². The van der Waals surface area contributed by atoms with Crippen molar-refractivity contribution in [3.63, 3.8) is 0 Å². The number of nitrogens with zero attached hydrogens (tertiary/aromatic N) is 2. The molecule has 0 aliphatic carbocycles. The largest absolute Gasteiger partial charge is 0.346 e. The number of aromatic nitrogens is 1. The number of anilines is 1. The highest BCUT2D eigenvalue weighted by molar-refractivity contribution is 8.00. The van der Waals surface area contributed by atoms with Gasteiger partial charge in [0.05, 0.1) is 17.9 Å². The van der Waals surface area contributed by atoms with Gasteiger partial charge in [0, 0.05) is 16.7 Å². The molecule has 134 valence electrons. The molecule has 1 atom stereocenters. The number of fused-ring (bicyclic) bond motifs is 1. The number of likely N-dealkylation sites (tertiary alicyclic amines) is 1. The normalized spacial score (nSPS) is 19.7. The van der Waals surface area contributed by atoms with Gasteiger partial charge in [0.1, 0.15) is 5.37 Å². The van der Waals surface area contributed by atoms with Crippen molar-refractivity contribution in [3.8, 4) is 0 Å². The van der Waals surface area contributed by atoms with Gasteiger partial charge in [-0.3, -0.25) is 19.5 Å². The van der Waals surface area contributed by atoms with Crippen molar-refractivity contribution in [1.29, 1.82) is 0 Å². The lowest BCUT2D eigenvalue weighted by atomic mass is 10.1. The Morgan fingerprint density at radius 1 is 1.27 bits per heavy atom. The van der Waals surface area contributed by atoms with E-state index in [0.29, 0.717) is 17.8 Å². The highest BCUT2D eigenvalue weighted by Crippen LogP contribution is 2.38. The Balaban J connectivity index is 1.45. The van der Waals surface area contributed by atoms with Crippen LogP contribution < -0.4 is 10.6 Å². The fourth-order valence-corrected chi connectivity index (χ4v) is 4.38. The monoisotopic (exact) mass is 368 g/mol. The Bertz CT molecular complexity index is 822. The summed E-state index contributed by atoms with van der Waals surface area (Å²) in [5.74, 6) is -0.185. The van der Waals surface area contributed by atoms with Crippen molar-refractivity contribution in [2.24, 2.45) is 0 Å². The van der Waals surface area contributed by atoms with Crippen molar-refractivity contribution < 1.29 is 9.59 Å². The van der Waals surface area contributed by atoms with Crippen molar-refractivity contribution in [2.45, 2.75) is 29.7 Å². The van der Waals surface area contributed by atoms with Crippen LogP contribution in [0.4, 0.5) is 5.69 Å². The molecule has 1 unspecified atom stereocenters. The minimum atomic E-state index is -0.181. The molecule has 1 fully saturated rings. The second-order valence-corrected chi connectivity index (χ2v) is 7.54. The first kappa shape index (κ1) is 17.1. The maximum Gasteiger partial charge on any atom is 0.252 e. The van der Waals surface area contributed by atoms with E-state index in [1.54, 1.807) is 30.1 Å². The van der Waals surface area contributed by atoms with Gasteiger partial charge in [-0.05, 0) is 56.3 Å². The summed E-state index contributed by atoms with van der Waals surface area (Å²) in [7, 11) is 0. The molecule has 2 aliphatic heterocycles. The highest BCUT2D eigenvalue weighted by Gasteiger charge is 2.33. The number of amides is 2. The van der Waals surface area contributed by atoms with Gasteiger partial charge < -0.3 is 10.6 Å². The van der Waals surface area contributed by atoms with Crippen LogP contribution in [0.1, 0.15) is 28.9 Å². The van der Waals surface area contributed by atoms with Crippen LogP contribution in [0.3, 0.4) is 0 Å². The molecule has 1 aromatic heterocycles. The summed E-state index contributed by atoms with van der Waals surface area (Å²) in [6.45, 7) is 2.30. The molecule has 4 rings (SSSR count). The third kappa shape index (κ3) is 3.59. The summed E-state index contributed by atoms with van der Waals surface area (Å²) in [6.07, 6.45) is 3.99. The van der Waals surface area contributed by atoms with E-state index in [1.165, 1.54) is 0 Å². The van der Waals surface area contributed by atoms with Crippen LogP contribution in [0.25, 0.3) is 0 Å². The van der Waals surface area contributed by atoms with Gasteiger partial charge in [-0.15, -0.1) is 0 Å². The number of benzene rings is 1. The minimum absolute atomic E-state index is 0.00422. The van der Waals surface area contributed by atoms with Crippen molar-refractivity contribution in [2.75, 3.05) is 18.4 Å². The molecule has 3 heterocycles. The Morgan fingerprint density at radius 2 is 2.12 bits per heavy atom. The SMILES string of the molecule is O=C(NCc1ccccn1)c1ccc2c(c1)NC(=O)C(N1CCCC1)S2. The third-order valence-electron chi connectivity index (χ3n) is 4.59. The summed E-state index contributed by atoms with van der Waals surface area (Å²) < 4.78 is 0. The summed E-state index contributed by atoms with van der Waals surface area (Å²) in [5.41, 5.74) is 2.04. The van der Waals surface area contributed by atoms with Gasteiger partial charge in [-0.1, -0.05) is 17.8 Å². The van der Waals surface area contributed by atoms with E-state index in [0.717, 1.165) is 36.5 Å². The number of hydrogen-bond acceptors (Lipinski definition) is 5. The number of nitrogens with one attached hydrogen (secondary N) is 2. The second kappa shape index (κ2) is 7.47. The molecule has 2 aliphatic rings. The first-order valence-electron chi connectivity index (χ1n) is 8.74. The zero-order chi connectivity index (χ0) is 17.9. The number of rotatable bonds is 4. The van der Waals surface area contributed by atoms with Gasteiger partial charge in [0.15, 0.2) is 0 Å². The molecule has 7 heteroatoms. The molecular weight excluding hydrogens is 348 g/mol. The first-order valence-corrected chi connectivity index (χ1v) is 9.62. The van der Waals surface area contributed by atoms with E-state index >= 15 is 0 Å². The van der Waals surface area contributed by atoms with E-state index < -0.39 is 0 Å². The first-order chi connectivity index (χ1) is 12.7. The zero-order valence-corrected chi connectivity index (χ0v) is 15.1. The van der Waals surface area contributed by atoms with E-state index in [9.17, 15) is 9.59 Å². The summed E-state index contributed by atoms with van der Waals surface area (Å²) >= 11 is 1.57. The Morgan fingerprint density at radius 3 is 2.88 bits per heavy atom. The lowest BCUT2D eigenvalue weighted by molar-refractivity contribution is -0.118. The van der Waals surface area contributed by atoms with Gasteiger partial charge >= 0.3 is 0 Å². The van der Waals surface area contributed by atoms with Crippen molar-refractivity contribution in [1.82, 2.24) is 15.2 Å². The lowest BCUT2D eigenvalue weighted by Crippen LogP contribution is -2.42. The fraction of sp³-hybridized carbons (Fsp3) is 0.316. The summed E-state index contributed by atoms with van der Waals surface area (Å²) in [4.78, 5) is 32.3. The van der Waals surface area contributed by atoms with Crippen LogP contribution in [0.5, 0.6) is 0 Å². The van der Waals surface area contributed by atoms with E-state index in [1.807, 2.05) is 24.3 Å². The molecule has 0 spiro atoms. The van der Waals surface area contributed by atoms with Crippen LogP contribution in [0.15, 0.2) is 47.5 Å². The van der Waals surface area contributed by atoms with E-state index in [2.05, 4.69) is 20.5 Å². The molecule has 2 amide bonds. The molecule has 2 N–H and O–H groups in total. The Hall–Kier alpha value is -2.38. The Kier molecular flexibility index (Phi) is 4.90. The molecule has 6 nitrogen and oxygen atoms in total. The van der Waals surface area contributed by atoms with Gasteiger partial charge in [0.2, 0.25) is 0 Å². The van der Waals surface area contributed by atoms with Crippen molar-refractivity contribution in [3.05, 3.63) is 53.9 Å². The quantitative estimate of drug-likeness (QED) is 0.867. The smallest absolute Gasteiger partial charge is 0.252 e. The molecule has 1 saturated heterocycles. The predicted molar refractivity (Wildman–Crippen MR) is 101 cm³/mol. The average Bonchev–Trinajstić information content (AvgIpc) is 3.20. The second-order valence-electron chi connectivity index (χ2n) is 6.42. The molecule has 1 aromatic carbocycles. The summed E-state index contributed by atoms with van der Waals surface area (Å²) in [6, 6.07) is 11.1. The number of hydrogen-bond donors (Lipinski definition) is 2. The van der Waals surface area contributed by atoms with Crippen LogP contribution in [-0.2, 0) is 11.3 Å². The number of carbonyl (C=O) groups is 2. The number of pyridine rings is 1. The average molecular weight is 368 g/mol. The molecule has 0 radical (unpaired) electrons. The maximum atomic E-state index is 12.5. The number of thioether (sulfide) groups is 1.